The Morgan fingerprint density at radius 2 is 1.68 bits per heavy atom. The lowest BCUT2D eigenvalue weighted by atomic mass is 9.77. The summed E-state index contributed by atoms with van der Waals surface area (Å²) in [6, 6.07) is 7.16. The number of benzene rings is 1. The average Bonchev–Trinajstić information content (AvgIpc) is 2.58. The lowest BCUT2D eigenvalue weighted by Gasteiger charge is -2.45. The fraction of sp³-hybridized carbons (Fsp3) is 0.640. The Labute approximate surface area is 171 Å². The molecule has 2 atom stereocenters. The van der Waals surface area contributed by atoms with Crippen LogP contribution in [0.25, 0.3) is 5.57 Å². The first-order chi connectivity index (χ1) is 13.1. The van der Waals surface area contributed by atoms with Gasteiger partial charge in [-0.05, 0) is 80.6 Å². The zero-order chi connectivity index (χ0) is 20.6. The van der Waals surface area contributed by atoms with Crippen molar-refractivity contribution in [1.82, 2.24) is 4.90 Å². The fourth-order valence-corrected chi connectivity index (χ4v) is 4.74. The van der Waals surface area contributed by atoms with E-state index in [4.69, 9.17) is 4.74 Å². The van der Waals surface area contributed by atoms with Crippen molar-refractivity contribution >= 4 is 11.7 Å². The first-order valence-electron chi connectivity index (χ1n) is 10.9. The van der Waals surface area contributed by atoms with Gasteiger partial charge in [-0.15, -0.1) is 0 Å². The Hall–Kier alpha value is -1.77. The van der Waals surface area contributed by atoms with E-state index in [-0.39, 0.29) is 18.2 Å². The van der Waals surface area contributed by atoms with Crippen LogP contribution in [0.4, 0.5) is 4.79 Å². The lowest BCUT2D eigenvalue weighted by molar-refractivity contribution is 0.0000770. The van der Waals surface area contributed by atoms with Gasteiger partial charge in [-0.2, -0.15) is 0 Å². The lowest BCUT2D eigenvalue weighted by Crippen LogP contribution is -2.53. The summed E-state index contributed by atoms with van der Waals surface area (Å²) in [4.78, 5) is 14.9. The van der Waals surface area contributed by atoms with Crippen molar-refractivity contribution in [2.45, 2.75) is 104 Å². The second-order valence-electron chi connectivity index (χ2n) is 10.1. The molecular weight excluding hydrogens is 346 g/mol. The molecule has 2 aliphatic rings. The van der Waals surface area contributed by atoms with Gasteiger partial charge >= 0.3 is 6.09 Å². The Kier molecular flexibility index (Phi) is 5.93. The first kappa shape index (κ1) is 21.0. The third-order valence-corrected chi connectivity index (χ3v) is 5.94. The molecule has 3 heteroatoms. The van der Waals surface area contributed by atoms with Crippen LogP contribution in [0.3, 0.4) is 0 Å². The van der Waals surface area contributed by atoms with Gasteiger partial charge in [-0.25, -0.2) is 4.79 Å². The van der Waals surface area contributed by atoms with Gasteiger partial charge in [0, 0.05) is 6.04 Å². The Morgan fingerprint density at radius 3 is 2.18 bits per heavy atom. The summed E-state index contributed by atoms with van der Waals surface area (Å²) in [6.45, 7) is 14.9. The highest BCUT2D eigenvalue weighted by Crippen LogP contribution is 2.42. The number of rotatable bonds is 3. The fourth-order valence-electron chi connectivity index (χ4n) is 4.74. The van der Waals surface area contributed by atoms with E-state index >= 15 is 0 Å². The molecule has 0 saturated carbocycles. The Morgan fingerprint density at radius 1 is 1.07 bits per heavy atom. The highest BCUT2D eigenvalue weighted by molar-refractivity contribution is 5.77. The zero-order valence-electron chi connectivity index (χ0n) is 18.7. The number of carbonyl (C=O) groups is 1. The molecule has 28 heavy (non-hydrogen) atoms. The van der Waals surface area contributed by atoms with Crippen molar-refractivity contribution in [3.05, 3.63) is 41.0 Å². The van der Waals surface area contributed by atoms with E-state index in [2.05, 4.69) is 52.0 Å². The van der Waals surface area contributed by atoms with E-state index in [1.54, 1.807) is 0 Å². The van der Waals surface area contributed by atoms with Gasteiger partial charge in [0.05, 0.1) is 6.04 Å². The van der Waals surface area contributed by atoms with Gasteiger partial charge in [0.2, 0.25) is 0 Å². The van der Waals surface area contributed by atoms with Crippen LogP contribution in [0.2, 0.25) is 0 Å². The molecule has 3 rings (SSSR count). The van der Waals surface area contributed by atoms with Crippen LogP contribution >= 0.6 is 0 Å². The van der Waals surface area contributed by atoms with Crippen molar-refractivity contribution in [1.29, 1.82) is 0 Å². The third kappa shape index (κ3) is 4.29. The van der Waals surface area contributed by atoms with Crippen molar-refractivity contribution in [2.75, 3.05) is 0 Å². The van der Waals surface area contributed by atoms with E-state index < -0.39 is 5.60 Å². The summed E-state index contributed by atoms with van der Waals surface area (Å²) in [5, 5.41) is 0. The van der Waals surface area contributed by atoms with Gasteiger partial charge in [0.25, 0.3) is 0 Å². The molecule has 0 N–H and O–H groups in total. The highest BCUT2D eigenvalue weighted by Gasteiger charge is 2.40. The molecule has 2 heterocycles. The number of fused-ring (bicyclic) bond motifs is 2. The molecule has 0 aliphatic carbocycles. The molecule has 1 aromatic rings. The van der Waals surface area contributed by atoms with Crippen LogP contribution in [-0.4, -0.2) is 28.7 Å². The minimum Gasteiger partial charge on any atom is -0.444 e. The third-order valence-electron chi connectivity index (χ3n) is 5.94. The Bertz CT molecular complexity index is 728. The maximum Gasteiger partial charge on any atom is 0.411 e. The molecule has 1 saturated heterocycles. The molecule has 1 amide bonds. The summed E-state index contributed by atoms with van der Waals surface area (Å²) in [7, 11) is 0. The first-order valence-corrected chi connectivity index (χ1v) is 10.9. The summed E-state index contributed by atoms with van der Waals surface area (Å²) < 4.78 is 5.74. The number of hydrogen-bond donors (Lipinski definition) is 0. The van der Waals surface area contributed by atoms with E-state index in [0.29, 0.717) is 11.8 Å². The van der Waals surface area contributed by atoms with Crippen LogP contribution in [0.5, 0.6) is 0 Å². The van der Waals surface area contributed by atoms with E-state index in [0.717, 1.165) is 19.3 Å². The SMILES string of the molecule is CC(C)c1cccc(C(C)C)c1C1=CC2CCCC(C1)N2C(=O)OC(C)(C)C. The average molecular weight is 384 g/mol. The van der Waals surface area contributed by atoms with Crippen LogP contribution in [0.1, 0.15) is 103 Å². The Balaban J connectivity index is 2.02. The van der Waals surface area contributed by atoms with Gasteiger partial charge in [0.1, 0.15) is 5.60 Å². The summed E-state index contributed by atoms with van der Waals surface area (Å²) in [5.74, 6) is 0.969. The molecule has 0 radical (unpaired) electrons. The van der Waals surface area contributed by atoms with Gasteiger partial charge < -0.3 is 4.74 Å². The maximum atomic E-state index is 12.9. The molecule has 2 aliphatic heterocycles. The molecule has 0 aromatic heterocycles. The molecule has 2 bridgehead atoms. The predicted molar refractivity (Wildman–Crippen MR) is 117 cm³/mol. The largest absolute Gasteiger partial charge is 0.444 e. The number of carbonyl (C=O) groups excluding carboxylic acids is 1. The molecule has 154 valence electrons. The minimum absolute atomic E-state index is 0.151. The van der Waals surface area contributed by atoms with Crippen molar-refractivity contribution < 1.29 is 9.53 Å². The standard InChI is InChI=1S/C25H37NO2/c1-16(2)21-12-9-13-22(17(3)4)23(21)18-14-19-10-8-11-20(15-18)26(19)24(27)28-25(5,6)7/h9,12-14,16-17,19-20H,8,10-11,15H2,1-7H3. The van der Waals surface area contributed by atoms with Crippen LogP contribution < -0.4 is 0 Å². The monoisotopic (exact) mass is 383 g/mol. The summed E-state index contributed by atoms with van der Waals surface area (Å²) in [6.07, 6.45) is 6.42. The number of nitrogens with zero attached hydrogens (tertiary/aromatic N) is 1. The second kappa shape index (κ2) is 7.93. The number of hydrogen-bond acceptors (Lipinski definition) is 2. The molecule has 2 unspecified atom stereocenters. The van der Waals surface area contributed by atoms with E-state index in [1.165, 1.54) is 28.7 Å². The highest BCUT2D eigenvalue weighted by atomic mass is 16.6. The van der Waals surface area contributed by atoms with Crippen molar-refractivity contribution in [3.63, 3.8) is 0 Å². The van der Waals surface area contributed by atoms with Crippen LogP contribution in [0.15, 0.2) is 24.3 Å². The van der Waals surface area contributed by atoms with E-state index in [1.807, 2.05) is 25.7 Å². The summed E-state index contributed by atoms with van der Waals surface area (Å²) in [5.41, 5.74) is 5.28. The van der Waals surface area contributed by atoms with Gasteiger partial charge in [0.15, 0.2) is 0 Å². The van der Waals surface area contributed by atoms with Gasteiger partial charge in [-0.1, -0.05) is 52.0 Å². The smallest absolute Gasteiger partial charge is 0.411 e. The van der Waals surface area contributed by atoms with Crippen LogP contribution in [-0.2, 0) is 4.74 Å². The predicted octanol–water partition coefficient (Wildman–Crippen LogP) is 6.88. The van der Waals surface area contributed by atoms with Gasteiger partial charge in [-0.3, -0.25) is 4.90 Å². The van der Waals surface area contributed by atoms with Crippen molar-refractivity contribution in [2.24, 2.45) is 0 Å². The normalized spacial score (nSPS) is 22.5. The van der Waals surface area contributed by atoms with Crippen molar-refractivity contribution in [3.8, 4) is 0 Å². The molecule has 1 aromatic carbocycles. The number of ether oxygens (including phenoxy) is 1. The molecule has 3 nitrogen and oxygen atoms in total. The molecule has 0 spiro atoms. The number of piperidine rings is 1. The van der Waals surface area contributed by atoms with Crippen LogP contribution in [0, 0.1) is 0 Å². The molecule has 1 fully saturated rings. The quantitative estimate of drug-likeness (QED) is 0.569. The number of amides is 1. The maximum absolute atomic E-state index is 12.9. The molecular formula is C25H37NO2. The summed E-state index contributed by atoms with van der Waals surface area (Å²) >= 11 is 0. The second-order valence-corrected chi connectivity index (χ2v) is 10.1. The zero-order valence-corrected chi connectivity index (χ0v) is 18.7. The topological polar surface area (TPSA) is 29.5 Å². The minimum atomic E-state index is -0.454. The van der Waals surface area contributed by atoms with E-state index in [9.17, 15) is 4.79 Å².